The van der Waals surface area contributed by atoms with Crippen molar-refractivity contribution >= 4 is 0 Å². The van der Waals surface area contributed by atoms with Gasteiger partial charge in [-0.1, -0.05) is 13.8 Å². The van der Waals surface area contributed by atoms with E-state index in [0.29, 0.717) is 12.6 Å². The smallest absolute Gasteiger partial charge is 0.137 e. The second-order valence-electron chi connectivity index (χ2n) is 4.38. The van der Waals surface area contributed by atoms with Crippen LogP contribution in [-0.2, 0) is 11.3 Å². The Balaban J connectivity index is 2.39. The monoisotopic (exact) mass is 238 g/mol. The van der Waals surface area contributed by atoms with Crippen molar-refractivity contribution < 1.29 is 9.47 Å². The Morgan fingerprint density at radius 2 is 2.06 bits per heavy atom. The third kappa shape index (κ3) is 5.65. The second kappa shape index (κ2) is 7.25. The highest BCUT2D eigenvalue weighted by Crippen LogP contribution is 2.09. The summed E-state index contributed by atoms with van der Waals surface area (Å²) in [4.78, 5) is 4.33. The van der Waals surface area contributed by atoms with Crippen LogP contribution in [-0.4, -0.2) is 30.8 Å². The molecule has 0 bridgehead atoms. The number of nitrogens with zero attached hydrogens (tertiary/aromatic N) is 1. The minimum atomic E-state index is 0.0947. The summed E-state index contributed by atoms with van der Waals surface area (Å²) in [5.41, 5.74) is 1.02. The van der Waals surface area contributed by atoms with Crippen LogP contribution in [0.1, 0.15) is 26.5 Å². The molecule has 17 heavy (non-hydrogen) atoms. The summed E-state index contributed by atoms with van der Waals surface area (Å²) in [7, 11) is 1.67. The zero-order valence-corrected chi connectivity index (χ0v) is 11.1. The molecule has 0 aliphatic rings. The van der Waals surface area contributed by atoms with Crippen LogP contribution in [0.5, 0.6) is 5.75 Å². The highest BCUT2D eigenvalue weighted by Gasteiger charge is 2.02. The summed E-state index contributed by atoms with van der Waals surface area (Å²) in [6, 6.07) is 4.38. The Labute approximate surface area is 103 Å². The first-order valence-corrected chi connectivity index (χ1v) is 5.95. The molecular weight excluding hydrogens is 216 g/mol. The summed E-state index contributed by atoms with van der Waals surface area (Å²) < 4.78 is 10.6. The van der Waals surface area contributed by atoms with Crippen LogP contribution in [0.15, 0.2) is 18.3 Å². The molecule has 1 rings (SSSR count). The van der Waals surface area contributed by atoms with Gasteiger partial charge in [0.25, 0.3) is 0 Å². The van der Waals surface area contributed by atoms with E-state index >= 15 is 0 Å². The van der Waals surface area contributed by atoms with Crippen LogP contribution in [0.2, 0.25) is 0 Å². The molecule has 4 nitrogen and oxygen atoms in total. The van der Waals surface area contributed by atoms with Crippen molar-refractivity contribution in [3.63, 3.8) is 0 Å². The number of methoxy groups -OCH3 is 1. The molecule has 0 spiro atoms. The maximum Gasteiger partial charge on any atom is 0.137 e. The van der Waals surface area contributed by atoms with Gasteiger partial charge in [0, 0.05) is 19.7 Å². The van der Waals surface area contributed by atoms with Gasteiger partial charge in [0.1, 0.15) is 12.4 Å². The van der Waals surface area contributed by atoms with Crippen LogP contribution < -0.4 is 10.1 Å². The molecule has 4 heteroatoms. The first-order valence-electron chi connectivity index (χ1n) is 5.95. The molecule has 1 unspecified atom stereocenters. The predicted octanol–water partition coefficient (Wildman–Crippen LogP) is 1.99. The van der Waals surface area contributed by atoms with Crippen LogP contribution in [0.4, 0.5) is 0 Å². The lowest BCUT2D eigenvalue weighted by atomic mass is 10.3. The zero-order valence-electron chi connectivity index (χ0n) is 11.1. The van der Waals surface area contributed by atoms with E-state index in [2.05, 4.69) is 24.1 Å². The van der Waals surface area contributed by atoms with E-state index in [9.17, 15) is 0 Å². The Kier molecular flexibility index (Phi) is 5.94. The van der Waals surface area contributed by atoms with Gasteiger partial charge >= 0.3 is 0 Å². The molecule has 1 N–H and O–H groups in total. The first-order chi connectivity index (χ1) is 8.11. The van der Waals surface area contributed by atoms with E-state index in [1.54, 1.807) is 13.3 Å². The van der Waals surface area contributed by atoms with E-state index in [1.165, 1.54) is 0 Å². The Morgan fingerprint density at radius 1 is 1.29 bits per heavy atom. The zero-order chi connectivity index (χ0) is 12.7. The van der Waals surface area contributed by atoms with Gasteiger partial charge in [0.05, 0.1) is 18.0 Å². The summed E-state index contributed by atoms with van der Waals surface area (Å²) in [6.07, 6.45) is 1.84. The van der Waals surface area contributed by atoms with Gasteiger partial charge < -0.3 is 14.8 Å². The number of nitrogens with one attached hydrogen (secondary N) is 1. The molecule has 0 saturated heterocycles. The molecule has 1 aromatic rings. The Morgan fingerprint density at radius 3 is 2.59 bits per heavy atom. The van der Waals surface area contributed by atoms with Crippen molar-refractivity contribution in [1.82, 2.24) is 10.3 Å². The molecule has 0 radical (unpaired) electrons. The fourth-order valence-corrected chi connectivity index (χ4v) is 1.19. The molecular formula is C13H22N2O2. The SMILES string of the molecule is COC(C)COc1ccc(CNC(C)C)nc1. The van der Waals surface area contributed by atoms with Crippen molar-refractivity contribution in [2.45, 2.75) is 39.5 Å². The van der Waals surface area contributed by atoms with Crippen LogP contribution in [0.25, 0.3) is 0 Å². The predicted molar refractivity (Wildman–Crippen MR) is 68.2 cm³/mol. The molecule has 0 aliphatic carbocycles. The van der Waals surface area contributed by atoms with Gasteiger partial charge in [-0.3, -0.25) is 4.98 Å². The fraction of sp³-hybridized carbons (Fsp3) is 0.615. The quantitative estimate of drug-likeness (QED) is 0.789. The summed E-state index contributed by atoms with van der Waals surface area (Å²) in [6.45, 7) is 7.52. The van der Waals surface area contributed by atoms with Gasteiger partial charge in [-0.05, 0) is 19.1 Å². The molecule has 96 valence electrons. The van der Waals surface area contributed by atoms with Crippen molar-refractivity contribution in [3.8, 4) is 5.75 Å². The van der Waals surface area contributed by atoms with Crippen molar-refractivity contribution in [2.75, 3.05) is 13.7 Å². The van der Waals surface area contributed by atoms with Gasteiger partial charge in [0.15, 0.2) is 0 Å². The van der Waals surface area contributed by atoms with Gasteiger partial charge in [0.2, 0.25) is 0 Å². The summed E-state index contributed by atoms with van der Waals surface area (Å²) in [5.74, 6) is 0.780. The Hall–Kier alpha value is -1.13. The molecule has 0 aromatic carbocycles. The number of hydrogen-bond donors (Lipinski definition) is 1. The van der Waals surface area contributed by atoms with Crippen molar-refractivity contribution in [3.05, 3.63) is 24.0 Å². The number of hydrogen-bond acceptors (Lipinski definition) is 4. The van der Waals surface area contributed by atoms with Gasteiger partial charge in [-0.25, -0.2) is 0 Å². The van der Waals surface area contributed by atoms with Crippen LogP contribution in [0, 0.1) is 0 Å². The number of rotatable bonds is 7. The molecule has 0 saturated carbocycles. The normalized spacial score (nSPS) is 12.8. The lowest BCUT2D eigenvalue weighted by Gasteiger charge is -2.12. The van der Waals surface area contributed by atoms with Crippen molar-refractivity contribution in [1.29, 1.82) is 0 Å². The molecule has 1 heterocycles. The summed E-state index contributed by atoms with van der Waals surface area (Å²) in [5, 5.41) is 3.32. The van der Waals surface area contributed by atoms with E-state index < -0.39 is 0 Å². The van der Waals surface area contributed by atoms with Crippen LogP contribution >= 0.6 is 0 Å². The average molecular weight is 238 g/mol. The first kappa shape index (κ1) is 13.9. The third-order valence-corrected chi connectivity index (χ3v) is 2.38. The molecule has 0 aliphatic heterocycles. The van der Waals surface area contributed by atoms with E-state index in [4.69, 9.17) is 9.47 Å². The lowest BCUT2D eigenvalue weighted by molar-refractivity contribution is 0.0715. The number of pyridine rings is 1. The molecule has 0 amide bonds. The maximum absolute atomic E-state index is 5.53. The van der Waals surface area contributed by atoms with Gasteiger partial charge in [-0.15, -0.1) is 0 Å². The van der Waals surface area contributed by atoms with E-state index in [0.717, 1.165) is 18.0 Å². The number of ether oxygens (including phenoxy) is 2. The Bertz CT molecular complexity index is 312. The van der Waals surface area contributed by atoms with E-state index in [1.807, 2.05) is 19.1 Å². The fourth-order valence-electron chi connectivity index (χ4n) is 1.19. The van der Waals surface area contributed by atoms with Crippen molar-refractivity contribution in [2.24, 2.45) is 0 Å². The minimum Gasteiger partial charge on any atom is -0.489 e. The third-order valence-electron chi connectivity index (χ3n) is 2.38. The highest BCUT2D eigenvalue weighted by molar-refractivity contribution is 5.19. The standard InChI is InChI=1S/C13H22N2O2/c1-10(2)14-7-12-5-6-13(8-15-12)17-9-11(3)16-4/h5-6,8,10-11,14H,7,9H2,1-4H3. The highest BCUT2D eigenvalue weighted by atomic mass is 16.5. The topological polar surface area (TPSA) is 43.4 Å². The minimum absolute atomic E-state index is 0.0947. The number of aromatic nitrogens is 1. The maximum atomic E-state index is 5.53. The largest absolute Gasteiger partial charge is 0.489 e. The lowest BCUT2D eigenvalue weighted by Crippen LogP contribution is -2.22. The van der Waals surface area contributed by atoms with Crippen LogP contribution in [0.3, 0.4) is 0 Å². The average Bonchev–Trinajstić information content (AvgIpc) is 2.34. The molecule has 0 fully saturated rings. The van der Waals surface area contributed by atoms with E-state index in [-0.39, 0.29) is 6.10 Å². The second-order valence-corrected chi connectivity index (χ2v) is 4.38. The van der Waals surface area contributed by atoms with Gasteiger partial charge in [-0.2, -0.15) is 0 Å². The summed E-state index contributed by atoms with van der Waals surface area (Å²) >= 11 is 0. The molecule has 1 aromatic heterocycles. The molecule has 1 atom stereocenters.